The van der Waals surface area contributed by atoms with E-state index in [1.165, 1.54) is 5.56 Å². The second-order valence-electron chi connectivity index (χ2n) is 4.10. The number of nitrogens with two attached hydrogens (primary N) is 1. The molecule has 0 aliphatic rings. The van der Waals surface area contributed by atoms with Gasteiger partial charge in [-0.1, -0.05) is 48.0 Å². The zero-order chi connectivity index (χ0) is 12.3. The van der Waals surface area contributed by atoms with Gasteiger partial charge in [-0.15, -0.1) is 0 Å². The van der Waals surface area contributed by atoms with Crippen LogP contribution in [0.25, 0.3) is 0 Å². The highest BCUT2D eigenvalue weighted by Crippen LogP contribution is 2.28. The Hall–Kier alpha value is -2.27. The summed E-state index contributed by atoms with van der Waals surface area (Å²) in [7, 11) is 0. The maximum Gasteiger partial charge on any atom is 0.0982 e. The Balaban J connectivity index is 2.45. The molecule has 84 valence electrons. The van der Waals surface area contributed by atoms with Crippen LogP contribution in [0, 0.1) is 18.3 Å². The largest absolute Gasteiger partial charge is 0.398 e. The molecule has 0 aromatic heterocycles. The number of hydrogen-bond donors (Lipinski definition) is 1. The van der Waals surface area contributed by atoms with Crippen molar-refractivity contribution in [3.05, 3.63) is 65.2 Å². The lowest BCUT2D eigenvalue weighted by molar-refractivity contribution is 1.04. The Bertz CT molecular complexity index is 550. The number of aryl methyl sites for hydroxylation is 1. The summed E-state index contributed by atoms with van der Waals surface area (Å²) >= 11 is 0. The van der Waals surface area contributed by atoms with E-state index < -0.39 is 0 Å². The molecule has 2 nitrogen and oxygen atoms in total. The third-order valence-electron chi connectivity index (χ3n) is 2.85. The first-order valence-electron chi connectivity index (χ1n) is 5.53. The number of rotatable bonds is 2. The summed E-state index contributed by atoms with van der Waals surface area (Å²) in [6.45, 7) is 2.03. The molecule has 0 radical (unpaired) electrons. The fraction of sp³-hybridized carbons (Fsp3) is 0.133. The van der Waals surface area contributed by atoms with Crippen LogP contribution >= 0.6 is 0 Å². The van der Waals surface area contributed by atoms with E-state index in [0.29, 0.717) is 5.69 Å². The predicted molar refractivity (Wildman–Crippen MR) is 69.5 cm³/mol. The molecule has 0 fully saturated rings. The topological polar surface area (TPSA) is 49.8 Å². The molecule has 0 spiro atoms. The summed E-state index contributed by atoms with van der Waals surface area (Å²) in [4.78, 5) is 0. The van der Waals surface area contributed by atoms with Crippen LogP contribution in [-0.2, 0) is 0 Å². The first-order chi connectivity index (χ1) is 8.22. The van der Waals surface area contributed by atoms with Crippen LogP contribution in [0.4, 0.5) is 5.69 Å². The van der Waals surface area contributed by atoms with E-state index in [4.69, 9.17) is 5.73 Å². The fourth-order valence-corrected chi connectivity index (χ4v) is 1.86. The predicted octanol–water partition coefficient (Wildman–Crippen LogP) is 3.23. The molecule has 0 aliphatic carbocycles. The highest BCUT2D eigenvalue weighted by atomic mass is 14.6. The van der Waals surface area contributed by atoms with Crippen molar-refractivity contribution in [3.8, 4) is 6.07 Å². The van der Waals surface area contributed by atoms with Crippen molar-refractivity contribution in [2.45, 2.75) is 12.8 Å². The van der Waals surface area contributed by atoms with Gasteiger partial charge in [-0.25, -0.2) is 0 Å². The highest BCUT2D eigenvalue weighted by molar-refractivity contribution is 5.54. The van der Waals surface area contributed by atoms with Gasteiger partial charge >= 0.3 is 0 Å². The van der Waals surface area contributed by atoms with E-state index in [9.17, 15) is 5.26 Å². The van der Waals surface area contributed by atoms with Gasteiger partial charge in [0.1, 0.15) is 0 Å². The van der Waals surface area contributed by atoms with Crippen molar-refractivity contribution < 1.29 is 0 Å². The van der Waals surface area contributed by atoms with Crippen LogP contribution in [-0.4, -0.2) is 0 Å². The van der Waals surface area contributed by atoms with Gasteiger partial charge in [0.05, 0.1) is 12.0 Å². The molecule has 2 heteroatoms. The molecule has 0 aliphatic heterocycles. The summed E-state index contributed by atoms with van der Waals surface area (Å²) in [6.07, 6.45) is 0. The molecule has 2 N–H and O–H groups in total. The lowest BCUT2D eigenvalue weighted by Gasteiger charge is -2.12. The van der Waals surface area contributed by atoms with Crippen molar-refractivity contribution in [1.29, 1.82) is 5.26 Å². The van der Waals surface area contributed by atoms with Gasteiger partial charge in [-0.05, 0) is 24.1 Å². The number of anilines is 1. The maximum atomic E-state index is 9.32. The van der Waals surface area contributed by atoms with Gasteiger partial charge in [0.2, 0.25) is 0 Å². The van der Waals surface area contributed by atoms with Gasteiger partial charge in [0.25, 0.3) is 0 Å². The Kier molecular flexibility index (Phi) is 3.11. The standard InChI is InChI=1S/C15H14N2/c1-11-6-8-12(9-7-11)14(10-16)13-4-2-3-5-15(13)17/h2-9,14H,17H2,1H3. The average molecular weight is 222 g/mol. The molecule has 2 aromatic rings. The van der Waals surface area contributed by atoms with Crippen LogP contribution in [0.15, 0.2) is 48.5 Å². The van der Waals surface area contributed by atoms with Crippen LogP contribution in [0.2, 0.25) is 0 Å². The third-order valence-corrected chi connectivity index (χ3v) is 2.85. The van der Waals surface area contributed by atoms with E-state index >= 15 is 0 Å². The average Bonchev–Trinajstić information content (AvgIpc) is 2.35. The SMILES string of the molecule is Cc1ccc(C(C#N)c2ccccc2N)cc1. The van der Waals surface area contributed by atoms with Gasteiger partial charge < -0.3 is 5.73 Å². The smallest absolute Gasteiger partial charge is 0.0982 e. The zero-order valence-electron chi connectivity index (χ0n) is 9.72. The van der Waals surface area contributed by atoms with E-state index in [2.05, 4.69) is 6.07 Å². The molecule has 0 amide bonds. The molecule has 0 bridgehead atoms. The Morgan fingerprint density at radius 3 is 2.29 bits per heavy atom. The van der Waals surface area contributed by atoms with Crippen LogP contribution in [0.5, 0.6) is 0 Å². The number of nitrogen functional groups attached to an aromatic ring is 1. The number of para-hydroxylation sites is 1. The number of benzene rings is 2. The molecular formula is C15H14N2. The van der Waals surface area contributed by atoms with Gasteiger partial charge in [0, 0.05) is 5.69 Å². The van der Waals surface area contributed by atoms with Crippen molar-refractivity contribution in [2.24, 2.45) is 0 Å². The molecule has 2 aromatic carbocycles. The monoisotopic (exact) mass is 222 g/mol. The molecule has 17 heavy (non-hydrogen) atoms. The highest BCUT2D eigenvalue weighted by Gasteiger charge is 2.15. The van der Waals surface area contributed by atoms with Crippen LogP contribution in [0.3, 0.4) is 0 Å². The molecule has 1 atom stereocenters. The van der Waals surface area contributed by atoms with E-state index in [1.54, 1.807) is 0 Å². The van der Waals surface area contributed by atoms with Gasteiger partial charge in [0.15, 0.2) is 0 Å². The normalized spacial score (nSPS) is 11.8. The quantitative estimate of drug-likeness (QED) is 0.793. The van der Waals surface area contributed by atoms with E-state index in [0.717, 1.165) is 11.1 Å². The fourth-order valence-electron chi connectivity index (χ4n) is 1.86. The Labute approximate surface area is 101 Å². The Morgan fingerprint density at radius 1 is 1.06 bits per heavy atom. The number of nitriles is 1. The molecule has 0 heterocycles. The third kappa shape index (κ3) is 2.29. The number of nitrogens with zero attached hydrogens (tertiary/aromatic N) is 1. The lowest BCUT2D eigenvalue weighted by atomic mass is 9.91. The molecular weight excluding hydrogens is 208 g/mol. The first-order valence-corrected chi connectivity index (χ1v) is 5.53. The summed E-state index contributed by atoms with van der Waals surface area (Å²) < 4.78 is 0. The summed E-state index contributed by atoms with van der Waals surface area (Å²) in [5.41, 5.74) is 9.62. The molecule has 1 unspecified atom stereocenters. The first kappa shape index (κ1) is 11.2. The summed E-state index contributed by atoms with van der Waals surface area (Å²) in [5, 5.41) is 9.32. The van der Waals surface area contributed by atoms with E-state index in [-0.39, 0.29) is 5.92 Å². The second-order valence-corrected chi connectivity index (χ2v) is 4.10. The molecule has 0 saturated heterocycles. The zero-order valence-corrected chi connectivity index (χ0v) is 9.72. The van der Waals surface area contributed by atoms with Crippen molar-refractivity contribution in [1.82, 2.24) is 0 Å². The van der Waals surface area contributed by atoms with Gasteiger partial charge in [-0.3, -0.25) is 0 Å². The maximum absolute atomic E-state index is 9.32. The minimum atomic E-state index is -0.295. The Morgan fingerprint density at radius 2 is 1.71 bits per heavy atom. The van der Waals surface area contributed by atoms with Crippen molar-refractivity contribution in [3.63, 3.8) is 0 Å². The second kappa shape index (κ2) is 4.71. The van der Waals surface area contributed by atoms with Gasteiger partial charge in [-0.2, -0.15) is 5.26 Å². The summed E-state index contributed by atoms with van der Waals surface area (Å²) in [6, 6.07) is 17.8. The lowest BCUT2D eigenvalue weighted by Crippen LogP contribution is -2.02. The number of hydrogen-bond acceptors (Lipinski definition) is 2. The minimum Gasteiger partial charge on any atom is -0.398 e. The molecule has 2 rings (SSSR count). The minimum absolute atomic E-state index is 0.295. The van der Waals surface area contributed by atoms with Crippen molar-refractivity contribution >= 4 is 5.69 Å². The molecule has 0 saturated carbocycles. The summed E-state index contributed by atoms with van der Waals surface area (Å²) in [5.74, 6) is -0.295. The van der Waals surface area contributed by atoms with Crippen molar-refractivity contribution in [2.75, 3.05) is 5.73 Å². The van der Waals surface area contributed by atoms with Crippen LogP contribution < -0.4 is 5.73 Å². The van der Waals surface area contributed by atoms with Crippen LogP contribution in [0.1, 0.15) is 22.6 Å². The van der Waals surface area contributed by atoms with E-state index in [1.807, 2.05) is 55.5 Å².